The van der Waals surface area contributed by atoms with Crippen LogP contribution in [0, 0.1) is 11.6 Å². The number of aromatic carboxylic acids is 1. The highest BCUT2D eigenvalue weighted by Gasteiger charge is 2.18. The van der Waals surface area contributed by atoms with Crippen LogP contribution in [-0.4, -0.2) is 15.6 Å². The van der Waals surface area contributed by atoms with E-state index in [0.717, 1.165) is 6.07 Å². The summed E-state index contributed by atoms with van der Waals surface area (Å²) in [7, 11) is 0. The minimum atomic E-state index is -1.41. The molecule has 0 aliphatic carbocycles. The first-order valence-electron chi connectivity index (χ1n) is 7.67. The molecule has 0 aliphatic rings. The van der Waals surface area contributed by atoms with E-state index in [1.54, 1.807) is 0 Å². The van der Waals surface area contributed by atoms with Gasteiger partial charge in [-0.2, -0.15) is 0 Å². The van der Waals surface area contributed by atoms with Crippen LogP contribution in [0.5, 0.6) is 0 Å². The van der Waals surface area contributed by atoms with E-state index in [2.05, 4.69) is 0 Å². The number of fused-ring (bicyclic) bond motifs is 1. The third-order valence-corrected chi connectivity index (χ3v) is 4.08. The predicted molar refractivity (Wildman–Crippen MR) is 90.5 cm³/mol. The molecule has 4 nitrogen and oxygen atoms in total. The largest absolute Gasteiger partial charge is 0.477 e. The molecule has 25 heavy (non-hydrogen) atoms. The van der Waals surface area contributed by atoms with E-state index < -0.39 is 28.6 Å². The lowest BCUT2D eigenvalue weighted by molar-refractivity contribution is 0.0695. The highest BCUT2D eigenvalue weighted by Crippen LogP contribution is 2.26. The fourth-order valence-corrected chi connectivity index (χ4v) is 2.77. The minimum Gasteiger partial charge on any atom is -0.477 e. The molecule has 128 valence electrons. The zero-order chi connectivity index (χ0) is 18.3. The topological polar surface area (TPSA) is 59.3 Å². The Labute approximate surface area is 142 Å². The number of carbonyl (C=O) groups is 1. The van der Waals surface area contributed by atoms with E-state index in [1.165, 1.54) is 41.1 Å². The zero-order valence-electron chi connectivity index (χ0n) is 13.6. The molecule has 0 amide bonds. The minimum absolute atomic E-state index is 0.0360. The molecule has 2 aromatic carbocycles. The summed E-state index contributed by atoms with van der Waals surface area (Å²) >= 11 is 0. The number of carboxylic acid groups (broad SMARTS) is 1. The van der Waals surface area contributed by atoms with E-state index in [9.17, 15) is 23.5 Å². The lowest BCUT2D eigenvalue weighted by Crippen LogP contribution is -2.19. The molecule has 3 aromatic rings. The van der Waals surface area contributed by atoms with Crippen molar-refractivity contribution in [2.24, 2.45) is 0 Å². The lowest BCUT2D eigenvalue weighted by Gasteiger charge is -2.15. The second-order valence-corrected chi connectivity index (χ2v) is 6.07. The number of pyridine rings is 1. The van der Waals surface area contributed by atoms with E-state index >= 15 is 0 Å². The van der Waals surface area contributed by atoms with Crippen molar-refractivity contribution in [3.8, 4) is 5.69 Å². The molecule has 0 aliphatic heterocycles. The summed E-state index contributed by atoms with van der Waals surface area (Å²) in [5, 5.41) is 9.25. The maximum atomic E-state index is 14.3. The smallest absolute Gasteiger partial charge is 0.341 e. The number of aromatic nitrogens is 1. The Bertz CT molecular complexity index is 1040. The molecule has 1 aromatic heterocycles. The molecule has 3 rings (SSSR count). The fourth-order valence-electron chi connectivity index (χ4n) is 2.77. The van der Waals surface area contributed by atoms with Crippen LogP contribution in [0.2, 0.25) is 0 Å². The van der Waals surface area contributed by atoms with E-state index in [1.807, 2.05) is 13.8 Å². The number of benzene rings is 2. The maximum absolute atomic E-state index is 14.3. The molecule has 0 saturated carbocycles. The number of carboxylic acids is 1. The molecule has 1 N–H and O–H groups in total. The summed E-state index contributed by atoms with van der Waals surface area (Å²) < 4.78 is 29.0. The van der Waals surface area contributed by atoms with Crippen LogP contribution in [0.15, 0.2) is 47.4 Å². The zero-order valence-corrected chi connectivity index (χ0v) is 13.6. The summed E-state index contributed by atoms with van der Waals surface area (Å²) in [5.41, 5.74) is 0.0105. The van der Waals surface area contributed by atoms with Gasteiger partial charge in [-0.1, -0.05) is 13.8 Å². The van der Waals surface area contributed by atoms with Crippen LogP contribution >= 0.6 is 0 Å². The van der Waals surface area contributed by atoms with Crippen molar-refractivity contribution in [2.45, 2.75) is 19.8 Å². The first-order valence-corrected chi connectivity index (χ1v) is 7.67. The van der Waals surface area contributed by atoms with E-state index in [0.29, 0.717) is 16.8 Å². The summed E-state index contributed by atoms with van der Waals surface area (Å²) in [6, 6.07) is 7.98. The Hall–Kier alpha value is -3.02. The van der Waals surface area contributed by atoms with Gasteiger partial charge in [0.1, 0.15) is 17.2 Å². The first kappa shape index (κ1) is 16.8. The quantitative estimate of drug-likeness (QED) is 0.779. The van der Waals surface area contributed by atoms with Gasteiger partial charge in [-0.15, -0.1) is 0 Å². The highest BCUT2D eigenvalue weighted by molar-refractivity contribution is 5.93. The molecule has 1 heterocycles. The molecule has 0 radical (unpaired) electrons. The highest BCUT2D eigenvalue weighted by atomic mass is 19.1. The average molecular weight is 343 g/mol. The summed E-state index contributed by atoms with van der Waals surface area (Å²) in [6.07, 6.45) is 1.18. The van der Waals surface area contributed by atoms with Crippen LogP contribution in [0.25, 0.3) is 16.6 Å². The SMILES string of the molecule is CC(C)c1cc2c(cc1F)c(=O)c(C(=O)O)cn2-c1ccc(F)cc1. The normalized spacial score (nSPS) is 11.2. The monoisotopic (exact) mass is 343 g/mol. The molecule has 0 spiro atoms. The number of hydrogen-bond acceptors (Lipinski definition) is 2. The van der Waals surface area contributed by atoms with Gasteiger partial charge >= 0.3 is 5.97 Å². The molecule has 0 unspecified atom stereocenters. The molecule has 0 fully saturated rings. The Morgan fingerprint density at radius 2 is 1.76 bits per heavy atom. The Morgan fingerprint density at radius 3 is 2.32 bits per heavy atom. The van der Waals surface area contributed by atoms with Crippen molar-refractivity contribution in [3.05, 3.63) is 75.6 Å². The van der Waals surface area contributed by atoms with E-state index in [4.69, 9.17) is 0 Å². The Balaban J connectivity index is 2.46. The molecule has 0 saturated heterocycles. The van der Waals surface area contributed by atoms with Gasteiger partial charge in [0.05, 0.1) is 5.52 Å². The van der Waals surface area contributed by atoms with Gasteiger partial charge in [-0.3, -0.25) is 4.79 Å². The van der Waals surface area contributed by atoms with Crippen LogP contribution in [0.3, 0.4) is 0 Å². The molecular formula is C19H15F2NO3. The second kappa shape index (κ2) is 6.12. The van der Waals surface area contributed by atoms with E-state index in [-0.39, 0.29) is 11.3 Å². The maximum Gasteiger partial charge on any atom is 0.341 e. The number of hydrogen-bond donors (Lipinski definition) is 1. The summed E-state index contributed by atoms with van der Waals surface area (Å²) in [6.45, 7) is 3.63. The number of rotatable bonds is 3. The van der Waals surface area contributed by atoms with Gasteiger partial charge in [-0.25, -0.2) is 13.6 Å². The third-order valence-electron chi connectivity index (χ3n) is 4.08. The summed E-state index contributed by atoms with van der Waals surface area (Å²) in [5.74, 6) is -2.54. The van der Waals surface area contributed by atoms with Crippen LogP contribution in [-0.2, 0) is 0 Å². The van der Waals surface area contributed by atoms with Crippen molar-refractivity contribution < 1.29 is 18.7 Å². The van der Waals surface area contributed by atoms with Gasteiger partial charge in [-0.05, 0) is 47.9 Å². The molecule has 0 bridgehead atoms. The van der Waals surface area contributed by atoms with Gasteiger partial charge < -0.3 is 9.67 Å². The van der Waals surface area contributed by atoms with Crippen LogP contribution < -0.4 is 5.43 Å². The van der Waals surface area contributed by atoms with Gasteiger partial charge in [0.15, 0.2) is 0 Å². The predicted octanol–water partition coefficient (Wildman–Crippen LogP) is 4.09. The summed E-state index contributed by atoms with van der Waals surface area (Å²) in [4.78, 5) is 23.8. The van der Waals surface area contributed by atoms with Crippen molar-refractivity contribution in [2.75, 3.05) is 0 Å². The number of nitrogens with zero attached hydrogens (tertiary/aromatic N) is 1. The molecule has 0 atom stereocenters. The fraction of sp³-hybridized carbons (Fsp3) is 0.158. The molecular weight excluding hydrogens is 328 g/mol. The Morgan fingerprint density at radius 1 is 1.12 bits per heavy atom. The second-order valence-electron chi connectivity index (χ2n) is 6.07. The van der Waals surface area contributed by atoms with Crippen LogP contribution in [0.1, 0.15) is 35.7 Å². The van der Waals surface area contributed by atoms with Gasteiger partial charge in [0.25, 0.3) is 0 Å². The van der Waals surface area contributed by atoms with Crippen molar-refractivity contribution >= 4 is 16.9 Å². The van der Waals surface area contributed by atoms with Crippen molar-refractivity contribution in [1.29, 1.82) is 0 Å². The first-order chi connectivity index (χ1) is 11.8. The van der Waals surface area contributed by atoms with Crippen LogP contribution in [0.4, 0.5) is 8.78 Å². The van der Waals surface area contributed by atoms with Crippen molar-refractivity contribution in [1.82, 2.24) is 4.57 Å². The molecule has 6 heteroatoms. The van der Waals surface area contributed by atoms with Gasteiger partial charge in [0, 0.05) is 17.3 Å². The Kier molecular flexibility index (Phi) is 4.12. The average Bonchev–Trinajstić information content (AvgIpc) is 2.55. The van der Waals surface area contributed by atoms with Crippen molar-refractivity contribution in [3.63, 3.8) is 0 Å². The third kappa shape index (κ3) is 2.91. The standard InChI is InChI=1S/C19H15F2NO3/c1-10(2)13-8-17-14(7-16(13)21)18(23)15(19(24)25)9-22(17)12-5-3-11(20)4-6-12/h3-10H,1-2H3,(H,24,25). The number of halogens is 2. The van der Waals surface area contributed by atoms with Gasteiger partial charge in [0.2, 0.25) is 5.43 Å². The lowest BCUT2D eigenvalue weighted by atomic mass is 9.99.